The Bertz CT molecular complexity index is 2260. The zero-order chi connectivity index (χ0) is 36.5. The molecule has 6 aromatic rings. The molecule has 13 heteroatoms. The molecule has 0 spiro atoms. The first-order chi connectivity index (χ1) is 25.2. The topological polar surface area (TPSA) is 143 Å². The molecule has 0 aliphatic rings. The number of anilines is 2. The van der Waals surface area contributed by atoms with Crippen LogP contribution in [-0.2, 0) is 9.59 Å². The van der Waals surface area contributed by atoms with Gasteiger partial charge in [-0.05, 0) is 72.3 Å². The van der Waals surface area contributed by atoms with E-state index in [0.29, 0.717) is 27.0 Å². The Morgan fingerprint density at radius 2 is 1.52 bits per heavy atom. The van der Waals surface area contributed by atoms with Gasteiger partial charge >= 0.3 is 0 Å². The van der Waals surface area contributed by atoms with Crippen molar-refractivity contribution in [2.75, 3.05) is 10.6 Å². The van der Waals surface area contributed by atoms with Crippen LogP contribution >= 0.6 is 23.1 Å². The Hall–Kier alpha value is -6.44. The fourth-order valence-electron chi connectivity index (χ4n) is 5.01. The van der Waals surface area contributed by atoms with Crippen LogP contribution in [0, 0.1) is 15.9 Å². The summed E-state index contributed by atoms with van der Waals surface area (Å²) in [4.78, 5) is 56.8. The summed E-state index contributed by atoms with van der Waals surface area (Å²) in [5.74, 6) is -1.98. The van der Waals surface area contributed by atoms with E-state index in [1.54, 1.807) is 78.2 Å². The number of nitro benzene ring substituents is 1. The third-order valence-corrected chi connectivity index (χ3v) is 9.53. The molecule has 0 saturated heterocycles. The van der Waals surface area contributed by atoms with Gasteiger partial charge in [0.25, 0.3) is 17.5 Å². The highest BCUT2D eigenvalue weighted by molar-refractivity contribution is 8.00. The van der Waals surface area contributed by atoms with Crippen molar-refractivity contribution in [3.05, 3.63) is 177 Å². The van der Waals surface area contributed by atoms with Gasteiger partial charge in [-0.2, -0.15) is 0 Å². The van der Waals surface area contributed by atoms with Crippen molar-refractivity contribution in [1.29, 1.82) is 0 Å². The summed E-state index contributed by atoms with van der Waals surface area (Å²) in [5.41, 5.74) is 2.35. The van der Waals surface area contributed by atoms with Crippen molar-refractivity contribution >= 4 is 63.4 Å². The first-order valence-electron chi connectivity index (χ1n) is 15.7. The molecule has 0 radical (unpaired) electrons. The number of nitrogens with zero attached hydrogens (tertiary/aromatic N) is 2. The first-order valence-corrected chi connectivity index (χ1v) is 17.5. The lowest BCUT2D eigenvalue weighted by Gasteiger charge is -2.17. The largest absolute Gasteiger partial charge is 0.321 e. The molecular formula is C39H28FN5O5S2. The van der Waals surface area contributed by atoms with Gasteiger partial charge in [0, 0.05) is 33.2 Å². The minimum Gasteiger partial charge on any atom is -0.321 e. The van der Waals surface area contributed by atoms with Gasteiger partial charge < -0.3 is 16.0 Å². The van der Waals surface area contributed by atoms with Gasteiger partial charge in [-0.15, -0.1) is 23.1 Å². The van der Waals surface area contributed by atoms with E-state index in [0.717, 1.165) is 5.56 Å². The number of aromatic nitrogens is 1. The summed E-state index contributed by atoms with van der Waals surface area (Å²) < 4.78 is 13.4. The van der Waals surface area contributed by atoms with E-state index >= 15 is 0 Å². The predicted molar refractivity (Wildman–Crippen MR) is 201 cm³/mol. The molecule has 258 valence electrons. The number of benzene rings is 5. The Balaban J connectivity index is 1.23. The molecule has 0 fully saturated rings. The van der Waals surface area contributed by atoms with Crippen molar-refractivity contribution < 1.29 is 23.7 Å². The molecule has 10 nitrogen and oxygen atoms in total. The van der Waals surface area contributed by atoms with Crippen molar-refractivity contribution in [3.63, 3.8) is 0 Å². The molecule has 0 saturated carbocycles. The number of halogens is 1. The molecule has 0 bridgehead atoms. The van der Waals surface area contributed by atoms with Crippen LogP contribution in [-0.4, -0.2) is 27.6 Å². The highest BCUT2D eigenvalue weighted by Gasteiger charge is 2.24. The number of carbonyl (C=O) groups excluding carboxylic acids is 3. The number of nitrogens with one attached hydrogen (secondary N) is 3. The molecule has 0 aliphatic carbocycles. The SMILES string of the molecule is O=C(Nc1cccc(SC(C(=O)Nc2nc(-c3ccc(F)cc3)cs2)c2ccccc2)c1)/C(=C\c1ccccc1[N+](=O)[O-])NC(=O)c1ccccc1. The Kier molecular flexibility index (Phi) is 11.2. The summed E-state index contributed by atoms with van der Waals surface area (Å²) in [6, 6.07) is 36.1. The number of rotatable bonds is 12. The summed E-state index contributed by atoms with van der Waals surface area (Å²) in [6.45, 7) is 0. The van der Waals surface area contributed by atoms with Crippen LogP contribution in [0.15, 0.2) is 149 Å². The average molecular weight is 730 g/mol. The van der Waals surface area contributed by atoms with Crippen molar-refractivity contribution in [2.45, 2.75) is 10.1 Å². The highest BCUT2D eigenvalue weighted by atomic mass is 32.2. The van der Waals surface area contributed by atoms with Crippen LogP contribution in [0.5, 0.6) is 0 Å². The highest BCUT2D eigenvalue weighted by Crippen LogP contribution is 2.38. The zero-order valence-corrected chi connectivity index (χ0v) is 28.7. The van der Waals surface area contributed by atoms with Gasteiger partial charge in [0.2, 0.25) is 5.91 Å². The zero-order valence-electron chi connectivity index (χ0n) is 27.1. The number of amides is 3. The molecule has 5 aromatic carbocycles. The minimum absolute atomic E-state index is 0.122. The first kappa shape index (κ1) is 35.4. The third-order valence-electron chi connectivity index (χ3n) is 7.52. The predicted octanol–water partition coefficient (Wildman–Crippen LogP) is 8.74. The molecule has 3 amide bonds. The number of hydrogen-bond acceptors (Lipinski definition) is 8. The van der Waals surface area contributed by atoms with Crippen LogP contribution in [0.1, 0.15) is 26.7 Å². The molecule has 0 aliphatic heterocycles. The van der Waals surface area contributed by atoms with Crippen molar-refractivity contribution in [2.24, 2.45) is 0 Å². The number of carbonyl (C=O) groups is 3. The Labute approximate surface area is 305 Å². The van der Waals surface area contributed by atoms with Gasteiger partial charge in [-0.25, -0.2) is 9.37 Å². The quantitative estimate of drug-likeness (QED) is 0.0495. The lowest BCUT2D eigenvalue weighted by molar-refractivity contribution is -0.385. The Morgan fingerprint density at radius 3 is 2.25 bits per heavy atom. The summed E-state index contributed by atoms with van der Waals surface area (Å²) in [7, 11) is 0. The summed E-state index contributed by atoms with van der Waals surface area (Å²) >= 11 is 2.50. The van der Waals surface area contributed by atoms with E-state index in [-0.39, 0.29) is 34.2 Å². The van der Waals surface area contributed by atoms with E-state index in [2.05, 4.69) is 20.9 Å². The molecule has 52 heavy (non-hydrogen) atoms. The van der Waals surface area contributed by atoms with E-state index in [4.69, 9.17) is 0 Å². The molecule has 1 atom stereocenters. The monoisotopic (exact) mass is 729 g/mol. The lowest BCUT2D eigenvalue weighted by atomic mass is 10.1. The number of nitro groups is 1. The second-order valence-corrected chi connectivity index (χ2v) is 13.2. The maximum absolute atomic E-state index is 13.7. The molecule has 6 rings (SSSR count). The van der Waals surface area contributed by atoms with Crippen molar-refractivity contribution in [3.8, 4) is 11.3 Å². The number of para-hydroxylation sites is 1. The normalized spacial score (nSPS) is 11.7. The van der Waals surface area contributed by atoms with Gasteiger partial charge in [-0.1, -0.05) is 66.7 Å². The number of hydrogen-bond donors (Lipinski definition) is 3. The minimum atomic E-state index is -0.720. The molecule has 1 heterocycles. The van der Waals surface area contributed by atoms with Crippen LogP contribution in [0.25, 0.3) is 17.3 Å². The summed E-state index contributed by atoms with van der Waals surface area (Å²) in [5, 5.41) is 21.4. The standard InChI is InChI=1S/C39H28FN5O5S2/c40-29-20-18-25(19-21-29)33-24-51-39(43-33)44-38(48)35(26-10-3-1-4-11-26)52-31-16-9-15-30(23-31)41-37(47)32(42-36(46)27-12-5-2-6-13-27)22-28-14-7-8-17-34(28)45(49)50/h1-24,35H,(H,41,47)(H,42,46)(H,43,44,48)/b32-22+. The molecule has 1 unspecified atom stereocenters. The van der Waals surface area contributed by atoms with Crippen LogP contribution in [0.4, 0.5) is 20.9 Å². The molecule has 3 N–H and O–H groups in total. The van der Waals surface area contributed by atoms with Crippen LogP contribution < -0.4 is 16.0 Å². The summed E-state index contributed by atoms with van der Waals surface area (Å²) in [6.07, 6.45) is 1.25. The fraction of sp³-hybridized carbons (Fsp3) is 0.0256. The Morgan fingerprint density at radius 1 is 0.827 bits per heavy atom. The second-order valence-electron chi connectivity index (χ2n) is 11.1. The fourth-order valence-corrected chi connectivity index (χ4v) is 6.82. The van der Waals surface area contributed by atoms with E-state index < -0.39 is 22.0 Å². The molecular weight excluding hydrogens is 702 g/mol. The van der Waals surface area contributed by atoms with Crippen LogP contribution in [0.2, 0.25) is 0 Å². The molecule has 1 aromatic heterocycles. The second kappa shape index (κ2) is 16.5. The van der Waals surface area contributed by atoms with E-state index in [9.17, 15) is 28.9 Å². The van der Waals surface area contributed by atoms with Crippen LogP contribution in [0.3, 0.4) is 0 Å². The van der Waals surface area contributed by atoms with E-state index in [1.807, 2.05) is 30.3 Å². The van der Waals surface area contributed by atoms with Crippen molar-refractivity contribution in [1.82, 2.24) is 10.3 Å². The maximum atomic E-state index is 13.7. The average Bonchev–Trinajstić information content (AvgIpc) is 3.63. The van der Waals surface area contributed by atoms with Gasteiger partial charge in [0.05, 0.1) is 16.2 Å². The van der Waals surface area contributed by atoms with Gasteiger partial charge in [0.15, 0.2) is 5.13 Å². The smallest absolute Gasteiger partial charge is 0.276 e. The van der Waals surface area contributed by atoms with Gasteiger partial charge in [0.1, 0.15) is 16.8 Å². The van der Waals surface area contributed by atoms with E-state index in [1.165, 1.54) is 59.5 Å². The third kappa shape index (κ3) is 9.01. The number of thiazole rings is 1. The number of thioether (sulfide) groups is 1. The lowest BCUT2D eigenvalue weighted by Crippen LogP contribution is -2.30. The maximum Gasteiger partial charge on any atom is 0.276 e. The van der Waals surface area contributed by atoms with Gasteiger partial charge in [-0.3, -0.25) is 24.5 Å².